The highest BCUT2D eigenvalue weighted by atomic mass is 16.5. The van der Waals surface area contributed by atoms with E-state index >= 15 is 0 Å². The van der Waals surface area contributed by atoms with Crippen molar-refractivity contribution in [2.24, 2.45) is 0 Å². The van der Waals surface area contributed by atoms with Crippen molar-refractivity contribution >= 4 is 23.1 Å². The zero-order valence-corrected chi connectivity index (χ0v) is 13.3. The molecule has 0 fully saturated rings. The first-order valence-corrected chi connectivity index (χ1v) is 7.97. The quantitative estimate of drug-likeness (QED) is 0.401. The summed E-state index contributed by atoms with van der Waals surface area (Å²) in [5.41, 5.74) is 2.79. The van der Waals surface area contributed by atoms with Crippen LogP contribution in [0.2, 0.25) is 0 Å². The number of carbonyl (C=O) groups is 2. The molecule has 0 atom stereocenters. The lowest BCUT2D eigenvalue weighted by Gasteiger charge is -2.11. The Hall–Kier alpha value is -3.46. The molecule has 3 heteroatoms. The molecule has 0 N–H and O–H groups in total. The highest BCUT2D eigenvalue weighted by molar-refractivity contribution is 6.35. The molecule has 1 aliphatic rings. The predicted molar refractivity (Wildman–Crippen MR) is 95.9 cm³/mol. The number of hydrogen-bond acceptors (Lipinski definition) is 3. The summed E-state index contributed by atoms with van der Waals surface area (Å²) in [7, 11) is 0. The van der Waals surface area contributed by atoms with Crippen molar-refractivity contribution in [1.82, 2.24) is 0 Å². The van der Waals surface area contributed by atoms with Crippen LogP contribution in [0.15, 0.2) is 84.9 Å². The van der Waals surface area contributed by atoms with E-state index in [1.807, 2.05) is 54.6 Å². The largest absolute Gasteiger partial charge is 0.421 e. The van der Waals surface area contributed by atoms with Crippen LogP contribution < -0.4 is 0 Å². The minimum absolute atomic E-state index is 0.175. The summed E-state index contributed by atoms with van der Waals surface area (Å²) in [6.07, 6.45) is 0. The molecule has 3 nitrogen and oxygen atoms in total. The fourth-order valence-corrected chi connectivity index (χ4v) is 2.95. The Bertz CT molecular complexity index is 986. The minimum Gasteiger partial charge on any atom is -0.421 e. The van der Waals surface area contributed by atoms with Gasteiger partial charge in [-0.15, -0.1) is 0 Å². The molecule has 3 aromatic carbocycles. The normalized spacial score (nSPS) is 14.6. The van der Waals surface area contributed by atoms with Crippen LogP contribution in [-0.2, 0) is 4.74 Å². The molecule has 1 aliphatic heterocycles. The Morgan fingerprint density at radius 2 is 1.16 bits per heavy atom. The SMILES string of the molecule is O=C(/C(=C1\OC(=O)c2ccccc21)c1ccccc1)c1ccccc1. The second-order valence-electron chi connectivity index (χ2n) is 5.70. The first-order chi connectivity index (χ1) is 12.3. The lowest BCUT2D eigenvalue weighted by Crippen LogP contribution is -2.06. The topological polar surface area (TPSA) is 43.4 Å². The number of benzene rings is 3. The first kappa shape index (κ1) is 15.1. The number of esters is 1. The van der Waals surface area contributed by atoms with Crippen LogP contribution in [-0.4, -0.2) is 11.8 Å². The molecule has 0 unspecified atom stereocenters. The van der Waals surface area contributed by atoms with Gasteiger partial charge in [0, 0.05) is 11.1 Å². The van der Waals surface area contributed by atoms with E-state index in [1.165, 1.54) is 0 Å². The van der Waals surface area contributed by atoms with Gasteiger partial charge in [0.05, 0.1) is 11.1 Å². The van der Waals surface area contributed by atoms with E-state index in [0.29, 0.717) is 28.0 Å². The zero-order chi connectivity index (χ0) is 17.2. The van der Waals surface area contributed by atoms with Gasteiger partial charge in [0.15, 0.2) is 11.5 Å². The number of carbonyl (C=O) groups excluding carboxylic acids is 2. The second-order valence-corrected chi connectivity index (χ2v) is 5.70. The monoisotopic (exact) mass is 326 g/mol. The van der Waals surface area contributed by atoms with Gasteiger partial charge in [0.2, 0.25) is 0 Å². The van der Waals surface area contributed by atoms with Crippen LogP contribution in [0, 0.1) is 0 Å². The molecule has 0 saturated heterocycles. The Morgan fingerprint density at radius 1 is 0.640 bits per heavy atom. The Balaban J connectivity index is 1.97. The molecule has 25 heavy (non-hydrogen) atoms. The number of hydrogen-bond donors (Lipinski definition) is 0. The molecule has 0 aromatic heterocycles. The summed E-state index contributed by atoms with van der Waals surface area (Å²) < 4.78 is 5.51. The highest BCUT2D eigenvalue weighted by Crippen LogP contribution is 2.37. The molecule has 0 amide bonds. The number of ketones is 1. The van der Waals surface area contributed by atoms with Gasteiger partial charge in [-0.2, -0.15) is 0 Å². The van der Waals surface area contributed by atoms with Crippen molar-refractivity contribution in [3.63, 3.8) is 0 Å². The molecule has 0 spiro atoms. The fraction of sp³-hybridized carbons (Fsp3) is 0. The third-order valence-corrected chi connectivity index (χ3v) is 4.14. The molecule has 3 aromatic rings. The van der Waals surface area contributed by atoms with Crippen molar-refractivity contribution in [3.8, 4) is 0 Å². The van der Waals surface area contributed by atoms with E-state index in [2.05, 4.69) is 0 Å². The van der Waals surface area contributed by atoms with Crippen LogP contribution in [0.4, 0.5) is 0 Å². The lowest BCUT2D eigenvalue weighted by atomic mass is 9.93. The molecule has 1 heterocycles. The fourth-order valence-electron chi connectivity index (χ4n) is 2.95. The van der Waals surface area contributed by atoms with Gasteiger partial charge < -0.3 is 4.74 Å². The van der Waals surface area contributed by atoms with Crippen LogP contribution in [0.3, 0.4) is 0 Å². The molecule has 0 saturated carbocycles. The number of cyclic esters (lactones) is 1. The van der Waals surface area contributed by atoms with Crippen LogP contribution in [0.25, 0.3) is 11.3 Å². The van der Waals surface area contributed by atoms with Gasteiger partial charge in [-0.05, 0) is 11.6 Å². The second kappa shape index (κ2) is 6.21. The van der Waals surface area contributed by atoms with Gasteiger partial charge in [0.1, 0.15) is 0 Å². The van der Waals surface area contributed by atoms with Crippen molar-refractivity contribution in [2.75, 3.05) is 0 Å². The highest BCUT2D eigenvalue weighted by Gasteiger charge is 2.31. The van der Waals surface area contributed by atoms with Crippen molar-refractivity contribution < 1.29 is 14.3 Å². The van der Waals surface area contributed by atoms with E-state index in [-0.39, 0.29) is 5.78 Å². The molecule has 4 rings (SSSR count). The van der Waals surface area contributed by atoms with Gasteiger partial charge >= 0.3 is 5.97 Å². The number of Topliss-reactive ketones (excluding diaryl/α,β-unsaturated/α-hetero) is 1. The van der Waals surface area contributed by atoms with Gasteiger partial charge in [-0.1, -0.05) is 78.9 Å². The molecule has 120 valence electrons. The van der Waals surface area contributed by atoms with Gasteiger partial charge in [-0.3, -0.25) is 4.79 Å². The third-order valence-electron chi connectivity index (χ3n) is 4.14. The molecule has 0 aliphatic carbocycles. The maximum Gasteiger partial charge on any atom is 0.344 e. The lowest BCUT2D eigenvalue weighted by molar-refractivity contribution is 0.0716. The van der Waals surface area contributed by atoms with E-state index < -0.39 is 5.97 Å². The number of allylic oxidation sites excluding steroid dienone is 1. The van der Waals surface area contributed by atoms with Gasteiger partial charge in [0.25, 0.3) is 0 Å². The Morgan fingerprint density at radius 3 is 1.80 bits per heavy atom. The zero-order valence-electron chi connectivity index (χ0n) is 13.3. The average molecular weight is 326 g/mol. The number of ether oxygens (including phenoxy) is 1. The van der Waals surface area contributed by atoms with Crippen LogP contribution in [0.5, 0.6) is 0 Å². The molecular formula is C22H14O3. The Kier molecular flexibility index (Phi) is 3.75. The van der Waals surface area contributed by atoms with Crippen molar-refractivity contribution in [2.45, 2.75) is 0 Å². The molecular weight excluding hydrogens is 312 g/mol. The van der Waals surface area contributed by atoms with Crippen molar-refractivity contribution in [1.29, 1.82) is 0 Å². The van der Waals surface area contributed by atoms with E-state index in [1.54, 1.807) is 30.3 Å². The summed E-state index contributed by atoms with van der Waals surface area (Å²) in [6.45, 7) is 0. The summed E-state index contributed by atoms with van der Waals surface area (Å²) in [4.78, 5) is 25.4. The molecule has 0 bridgehead atoms. The number of fused-ring (bicyclic) bond motifs is 1. The average Bonchev–Trinajstić information content (AvgIpc) is 3.00. The summed E-state index contributed by atoms with van der Waals surface area (Å²) >= 11 is 0. The molecule has 0 radical (unpaired) electrons. The summed E-state index contributed by atoms with van der Waals surface area (Å²) in [6, 6.07) is 25.4. The smallest absolute Gasteiger partial charge is 0.344 e. The third kappa shape index (κ3) is 2.66. The van der Waals surface area contributed by atoms with Crippen LogP contribution in [0.1, 0.15) is 31.8 Å². The first-order valence-electron chi connectivity index (χ1n) is 7.97. The van der Waals surface area contributed by atoms with Gasteiger partial charge in [-0.25, -0.2) is 4.79 Å². The minimum atomic E-state index is -0.431. The van der Waals surface area contributed by atoms with E-state index in [9.17, 15) is 9.59 Å². The van der Waals surface area contributed by atoms with Crippen molar-refractivity contribution in [3.05, 3.63) is 107 Å². The van der Waals surface area contributed by atoms with Crippen LogP contribution >= 0.6 is 0 Å². The standard InChI is InChI=1S/C22H14O3/c23-20(16-11-5-2-6-12-16)19(15-9-3-1-4-10-15)21-17-13-7-8-14-18(17)22(24)25-21/h1-14H/b21-19-. The van der Waals surface area contributed by atoms with E-state index in [4.69, 9.17) is 4.74 Å². The summed E-state index contributed by atoms with van der Waals surface area (Å²) in [5, 5.41) is 0. The maximum atomic E-state index is 13.2. The predicted octanol–water partition coefficient (Wildman–Crippen LogP) is 4.61. The maximum absolute atomic E-state index is 13.2. The van der Waals surface area contributed by atoms with E-state index in [0.717, 1.165) is 5.56 Å². The Labute approximate surface area is 145 Å². The summed E-state index contributed by atoms with van der Waals surface area (Å²) in [5.74, 6) is -0.285. The number of rotatable bonds is 3.